The van der Waals surface area contributed by atoms with Crippen LogP contribution in [0.15, 0.2) is 21.6 Å². The van der Waals surface area contributed by atoms with Gasteiger partial charge in [-0.05, 0) is 52.6 Å². The van der Waals surface area contributed by atoms with E-state index in [4.69, 9.17) is 4.74 Å². The van der Waals surface area contributed by atoms with Gasteiger partial charge >= 0.3 is 5.97 Å². The van der Waals surface area contributed by atoms with Crippen LogP contribution >= 0.6 is 31.9 Å². The molecule has 96 valence electrons. The molecule has 18 heavy (non-hydrogen) atoms. The lowest BCUT2D eigenvalue weighted by Crippen LogP contribution is -2.24. The van der Waals surface area contributed by atoms with Crippen molar-refractivity contribution in [1.82, 2.24) is 14.4 Å². The Morgan fingerprint density at radius 2 is 2.06 bits per heavy atom. The summed E-state index contributed by atoms with van der Waals surface area (Å²) >= 11 is 6.63. The molecule has 0 aromatic carbocycles. The van der Waals surface area contributed by atoms with Gasteiger partial charge in [0.25, 0.3) is 0 Å². The van der Waals surface area contributed by atoms with Crippen molar-refractivity contribution in [3.63, 3.8) is 0 Å². The maximum atomic E-state index is 12.0. The van der Waals surface area contributed by atoms with Crippen molar-refractivity contribution in [2.24, 2.45) is 0 Å². The van der Waals surface area contributed by atoms with Gasteiger partial charge in [-0.3, -0.25) is 4.40 Å². The lowest BCUT2D eigenvalue weighted by atomic mass is 10.2. The summed E-state index contributed by atoms with van der Waals surface area (Å²) in [6.07, 6.45) is 3.33. The van der Waals surface area contributed by atoms with E-state index >= 15 is 0 Å². The van der Waals surface area contributed by atoms with Gasteiger partial charge in [-0.25, -0.2) is 14.8 Å². The van der Waals surface area contributed by atoms with Crippen LogP contribution in [0, 0.1) is 0 Å². The molecular formula is C11H11Br2N3O2. The molecule has 0 saturated heterocycles. The maximum absolute atomic E-state index is 12.0. The zero-order valence-corrected chi connectivity index (χ0v) is 13.2. The third-order valence-electron chi connectivity index (χ3n) is 2.03. The first-order valence-corrected chi connectivity index (χ1v) is 6.79. The van der Waals surface area contributed by atoms with Crippen molar-refractivity contribution < 1.29 is 9.53 Å². The van der Waals surface area contributed by atoms with Crippen molar-refractivity contribution in [3.05, 3.63) is 27.3 Å². The molecule has 0 fully saturated rings. The van der Waals surface area contributed by atoms with Gasteiger partial charge in [-0.1, -0.05) is 0 Å². The molecule has 0 aliphatic carbocycles. The van der Waals surface area contributed by atoms with Crippen molar-refractivity contribution >= 4 is 43.5 Å². The number of hydrogen-bond donors (Lipinski definition) is 0. The summed E-state index contributed by atoms with van der Waals surface area (Å²) < 4.78 is 8.13. The molecule has 7 heteroatoms. The van der Waals surface area contributed by atoms with E-state index in [1.54, 1.807) is 16.8 Å². The van der Waals surface area contributed by atoms with Gasteiger partial charge in [0, 0.05) is 12.4 Å². The Balaban J connectivity index is 2.50. The van der Waals surface area contributed by atoms with Crippen LogP contribution in [0.1, 0.15) is 31.3 Å². The van der Waals surface area contributed by atoms with Crippen LogP contribution in [-0.4, -0.2) is 25.9 Å². The van der Waals surface area contributed by atoms with E-state index in [0.717, 1.165) is 0 Å². The fraction of sp³-hybridized carbons (Fsp3) is 0.364. The van der Waals surface area contributed by atoms with E-state index in [0.29, 0.717) is 14.9 Å². The molecule has 0 atom stereocenters. The normalized spacial score (nSPS) is 11.8. The second-order valence-electron chi connectivity index (χ2n) is 4.66. The van der Waals surface area contributed by atoms with E-state index < -0.39 is 11.6 Å². The summed E-state index contributed by atoms with van der Waals surface area (Å²) in [5.41, 5.74) is 0.241. The van der Waals surface area contributed by atoms with Crippen LogP contribution in [0.2, 0.25) is 0 Å². The van der Waals surface area contributed by atoms with Crippen molar-refractivity contribution in [2.75, 3.05) is 0 Å². The molecular weight excluding hydrogens is 366 g/mol. The maximum Gasteiger partial charge on any atom is 0.360 e. The summed E-state index contributed by atoms with van der Waals surface area (Å²) in [6.45, 7) is 5.43. The first-order chi connectivity index (χ1) is 8.29. The van der Waals surface area contributed by atoms with E-state index in [2.05, 4.69) is 41.8 Å². The number of esters is 1. The lowest BCUT2D eigenvalue weighted by Gasteiger charge is -2.18. The van der Waals surface area contributed by atoms with Crippen LogP contribution in [0.25, 0.3) is 5.65 Å². The highest BCUT2D eigenvalue weighted by atomic mass is 79.9. The van der Waals surface area contributed by atoms with Crippen molar-refractivity contribution in [2.45, 2.75) is 26.4 Å². The topological polar surface area (TPSA) is 56.5 Å². The predicted molar refractivity (Wildman–Crippen MR) is 73.6 cm³/mol. The van der Waals surface area contributed by atoms with Gasteiger partial charge in [0.2, 0.25) is 0 Å². The van der Waals surface area contributed by atoms with Gasteiger partial charge in [0.1, 0.15) is 14.8 Å². The predicted octanol–water partition coefficient (Wildman–Crippen LogP) is 3.21. The van der Waals surface area contributed by atoms with Crippen LogP contribution in [0.5, 0.6) is 0 Å². The monoisotopic (exact) mass is 375 g/mol. The Hall–Kier alpha value is -0.950. The van der Waals surface area contributed by atoms with E-state index in [1.807, 2.05) is 20.8 Å². The SMILES string of the molecule is CC(C)(C)OC(=O)c1nc2c(Br)nccn2c1Br. The smallest absolute Gasteiger partial charge is 0.360 e. The Bertz CT molecular complexity index is 617. The number of carbonyl (C=O) groups excluding carboxylic acids is 1. The van der Waals surface area contributed by atoms with E-state index in [-0.39, 0.29) is 5.69 Å². The zero-order chi connectivity index (χ0) is 13.5. The van der Waals surface area contributed by atoms with E-state index in [1.165, 1.54) is 0 Å². The molecule has 2 rings (SSSR count). The minimum atomic E-state index is -0.554. The molecule has 0 aliphatic rings. The average Bonchev–Trinajstić information content (AvgIpc) is 2.56. The molecule has 2 aromatic heterocycles. The number of imidazole rings is 1. The minimum absolute atomic E-state index is 0.235. The molecule has 0 amide bonds. The van der Waals surface area contributed by atoms with Gasteiger partial charge in [-0.2, -0.15) is 0 Å². The number of halogens is 2. The third-order valence-corrected chi connectivity index (χ3v) is 3.35. The van der Waals surface area contributed by atoms with Gasteiger partial charge in [0.15, 0.2) is 11.3 Å². The molecule has 0 saturated carbocycles. The Kier molecular flexibility index (Phi) is 3.46. The number of carbonyl (C=O) groups is 1. The van der Waals surface area contributed by atoms with Crippen LogP contribution in [0.3, 0.4) is 0 Å². The highest BCUT2D eigenvalue weighted by Crippen LogP contribution is 2.24. The molecule has 2 aromatic rings. The summed E-state index contributed by atoms with van der Waals surface area (Å²) in [7, 11) is 0. The largest absolute Gasteiger partial charge is 0.455 e. The summed E-state index contributed by atoms with van der Waals surface area (Å²) in [6, 6.07) is 0. The Labute approximate surface area is 121 Å². The minimum Gasteiger partial charge on any atom is -0.455 e. The second kappa shape index (κ2) is 4.62. The van der Waals surface area contributed by atoms with Crippen molar-refractivity contribution in [1.29, 1.82) is 0 Å². The molecule has 0 aliphatic heterocycles. The molecule has 0 bridgehead atoms. The highest BCUT2D eigenvalue weighted by molar-refractivity contribution is 9.11. The molecule has 0 N–H and O–H groups in total. The first-order valence-electron chi connectivity index (χ1n) is 5.21. The quantitative estimate of drug-likeness (QED) is 0.717. The third kappa shape index (κ3) is 2.56. The summed E-state index contributed by atoms with van der Waals surface area (Å²) in [5.74, 6) is -0.468. The molecule has 5 nitrogen and oxygen atoms in total. The molecule has 0 unspecified atom stereocenters. The number of aromatic nitrogens is 3. The second-order valence-corrected chi connectivity index (χ2v) is 6.17. The Morgan fingerprint density at radius 1 is 1.39 bits per heavy atom. The van der Waals surface area contributed by atoms with Gasteiger partial charge < -0.3 is 4.74 Å². The summed E-state index contributed by atoms with van der Waals surface area (Å²) in [5, 5.41) is 0. The van der Waals surface area contributed by atoms with Crippen LogP contribution < -0.4 is 0 Å². The van der Waals surface area contributed by atoms with E-state index in [9.17, 15) is 4.79 Å². The fourth-order valence-corrected chi connectivity index (χ4v) is 2.31. The summed E-state index contributed by atoms with van der Waals surface area (Å²) in [4.78, 5) is 20.3. The van der Waals surface area contributed by atoms with Gasteiger partial charge in [0.05, 0.1) is 0 Å². The van der Waals surface area contributed by atoms with Crippen LogP contribution in [-0.2, 0) is 4.74 Å². The lowest BCUT2D eigenvalue weighted by molar-refractivity contribution is 0.00624. The number of fused-ring (bicyclic) bond motifs is 1. The first kappa shape index (κ1) is 13.5. The van der Waals surface area contributed by atoms with Crippen LogP contribution in [0.4, 0.5) is 0 Å². The Morgan fingerprint density at radius 3 is 2.61 bits per heavy atom. The molecule has 2 heterocycles. The van der Waals surface area contributed by atoms with Gasteiger partial charge in [-0.15, -0.1) is 0 Å². The highest BCUT2D eigenvalue weighted by Gasteiger charge is 2.24. The zero-order valence-electron chi connectivity index (χ0n) is 10.1. The number of ether oxygens (including phenoxy) is 1. The number of nitrogens with zero attached hydrogens (tertiary/aromatic N) is 3. The number of rotatable bonds is 1. The fourth-order valence-electron chi connectivity index (χ4n) is 1.37. The standard InChI is InChI=1S/C11H11Br2N3O2/c1-11(2,3)18-10(17)6-8(13)16-5-4-14-7(12)9(16)15-6/h4-5H,1-3H3. The van der Waals surface area contributed by atoms with Crippen molar-refractivity contribution in [3.8, 4) is 0 Å². The average molecular weight is 377 g/mol. The molecule has 0 radical (unpaired) electrons. The number of hydrogen-bond acceptors (Lipinski definition) is 4. The molecule has 0 spiro atoms.